The van der Waals surface area contributed by atoms with Gasteiger partial charge in [0, 0.05) is 29.7 Å². The molecule has 2 rings (SSSR count). The van der Waals surface area contributed by atoms with Crippen molar-refractivity contribution in [1.29, 1.82) is 0 Å². The second-order valence-electron chi connectivity index (χ2n) is 5.84. The molecule has 1 aliphatic heterocycles. The summed E-state index contributed by atoms with van der Waals surface area (Å²) < 4.78 is 1.03. The minimum absolute atomic E-state index is 0.429. The van der Waals surface area contributed by atoms with Crippen LogP contribution >= 0.6 is 15.9 Å². The van der Waals surface area contributed by atoms with Gasteiger partial charge in [-0.25, -0.2) is 0 Å². The molecule has 0 aliphatic carbocycles. The Kier molecular flexibility index (Phi) is 4.87. The van der Waals surface area contributed by atoms with Crippen molar-refractivity contribution in [3.63, 3.8) is 0 Å². The van der Waals surface area contributed by atoms with Gasteiger partial charge in [-0.1, -0.05) is 15.9 Å². The van der Waals surface area contributed by atoms with E-state index in [0.717, 1.165) is 34.6 Å². The van der Waals surface area contributed by atoms with Crippen LogP contribution in [0, 0.1) is 12.8 Å². The van der Waals surface area contributed by atoms with E-state index in [2.05, 4.69) is 39.8 Å². The molecule has 1 aromatic carbocycles. The van der Waals surface area contributed by atoms with Gasteiger partial charge in [-0.3, -0.25) is 0 Å². The van der Waals surface area contributed by atoms with Crippen LogP contribution in [-0.2, 0) is 6.54 Å². The smallest absolute Gasteiger partial charge is 0.123 e. The van der Waals surface area contributed by atoms with Gasteiger partial charge in [-0.2, -0.15) is 0 Å². The maximum atomic E-state index is 10.1. The number of likely N-dealkylation sites (tertiary alicyclic amines) is 1. The number of aromatic hydroxyl groups is 1. The molecule has 106 valence electrons. The molecule has 0 saturated carbocycles. The summed E-state index contributed by atoms with van der Waals surface area (Å²) in [5.41, 5.74) is 1.93. The maximum Gasteiger partial charge on any atom is 0.123 e. The largest absolute Gasteiger partial charge is 0.507 e. The molecule has 1 fully saturated rings. The summed E-state index contributed by atoms with van der Waals surface area (Å²) in [6.45, 7) is 6.23. The van der Waals surface area contributed by atoms with Crippen LogP contribution in [-0.4, -0.2) is 48.6 Å². The monoisotopic (exact) mass is 326 g/mol. The Hall–Kier alpha value is -0.580. The highest BCUT2D eigenvalue weighted by atomic mass is 79.9. The van der Waals surface area contributed by atoms with Gasteiger partial charge in [0.05, 0.1) is 0 Å². The molecule has 0 spiro atoms. The number of benzene rings is 1. The summed E-state index contributed by atoms with van der Waals surface area (Å²) in [7, 11) is 4.32. The molecule has 1 aromatic rings. The van der Waals surface area contributed by atoms with Crippen LogP contribution in [0.2, 0.25) is 0 Å². The fourth-order valence-electron chi connectivity index (χ4n) is 2.90. The lowest BCUT2D eigenvalue weighted by Gasteiger charge is -2.22. The minimum atomic E-state index is 0.429. The maximum absolute atomic E-state index is 10.1. The van der Waals surface area contributed by atoms with Gasteiger partial charge in [-0.05, 0) is 57.6 Å². The Balaban J connectivity index is 1.97. The van der Waals surface area contributed by atoms with E-state index >= 15 is 0 Å². The highest BCUT2D eigenvalue weighted by Gasteiger charge is 2.21. The molecule has 1 unspecified atom stereocenters. The van der Waals surface area contributed by atoms with Gasteiger partial charge in [0.1, 0.15) is 5.75 Å². The highest BCUT2D eigenvalue weighted by molar-refractivity contribution is 9.10. The molecule has 0 bridgehead atoms. The number of nitrogens with zero attached hydrogens (tertiary/aromatic N) is 2. The number of phenolic OH excluding ortho intramolecular Hbond substituents is 1. The first-order valence-corrected chi connectivity index (χ1v) is 7.60. The lowest BCUT2D eigenvalue weighted by atomic mass is 10.1. The van der Waals surface area contributed by atoms with Crippen LogP contribution in [0.5, 0.6) is 5.75 Å². The van der Waals surface area contributed by atoms with Crippen LogP contribution in [0.1, 0.15) is 17.5 Å². The third-order valence-electron chi connectivity index (χ3n) is 3.84. The summed E-state index contributed by atoms with van der Waals surface area (Å²) in [4.78, 5) is 4.70. The van der Waals surface area contributed by atoms with Crippen molar-refractivity contribution in [2.24, 2.45) is 5.92 Å². The number of halogens is 1. The van der Waals surface area contributed by atoms with Gasteiger partial charge in [0.2, 0.25) is 0 Å². The van der Waals surface area contributed by atoms with E-state index in [-0.39, 0.29) is 0 Å². The molecule has 3 nitrogen and oxygen atoms in total. The number of hydrogen-bond acceptors (Lipinski definition) is 3. The first-order valence-electron chi connectivity index (χ1n) is 6.80. The zero-order valence-corrected chi connectivity index (χ0v) is 13.6. The van der Waals surface area contributed by atoms with Crippen molar-refractivity contribution in [2.45, 2.75) is 19.9 Å². The first kappa shape index (κ1) is 14.8. The summed E-state index contributed by atoms with van der Waals surface area (Å²) >= 11 is 3.50. The zero-order valence-electron chi connectivity index (χ0n) is 12.0. The molecule has 1 heterocycles. The van der Waals surface area contributed by atoms with Crippen molar-refractivity contribution < 1.29 is 5.11 Å². The van der Waals surface area contributed by atoms with Crippen LogP contribution in [0.3, 0.4) is 0 Å². The molecule has 1 atom stereocenters. The van der Waals surface area contributed by atoms with Crippen molar-refractivity contribution in [3.05, 3.63) is 27.7 Å². The SMILES string of the molecule is Cc1cc(Br)cc(CN(C)CC2CCN(C)C2)c1O. The summed E-state index contributed by atoms with van der Waals surface area (Å²) in [5.74, 6) is 1.18. The molecule has 0 aromatic heterocycles. The molecular weight excluding hydrogens is 304 g/mol. The van der Waals surface area contributed by atoms with Gasteiger partial charge in [0.15, 0.2) is 0 Å². The van der Waals surface area contributed by atoms with Crippen LogP contribution in [0.15, 0.2) is 16.6 Å². The predicted molar refractivity (Wildman–Crippen MR) is 82.5 cm³/mol. The molecule has 1 aliphatic rings. The normalized spacial score (nSPS) is 20.4. The predicted octanol–water partition coefficient (Wildman–Crippen LogP) is 2.85. The van der Waals surface area contributed by atoms with Gasteiger partial charge < -0.3 is 14.9 Å². The number of phenols is 1. The van der Waals surface area contributed by atoms with Crippen LogP contribution < -0.4 is 0 Å². The Morgan fingerprint density at radius 3 is 2.84 bits per heavy atom. The van der Waals surface area contributed by atoms with E-state index in [1.165, 1.54) is 19.5 Å². The number of rotatable bonds is 4. The average molecular weight is 327 g/mol. The molecular formula is C15H23BrN2O. The van der Waals surface area contributed by atoms with E-state index in [9.17, 15) is 5.11 Å². The van der Waals surface area contributed by atoms with E-state index in [0.29, 0.717) is 5.75 Å². The van der Waals surface area contributed by atoms with E-state index in [4.69, 9.17) is 0 Å². The van der Waals surface area contributed by atoms with Crippen molar-refractivity contribution in [1.82, 2.24) is 9.80 Å². The van der Waals surface area contributed by atoms with Crippen molar-refractivity contribution >= 4 is 15.9 Å². The molecule has 0 radical (unpaired) electrons. The van der Waals surface area contributed by atoms with Gasteiger partial charge >= 0.3 is 0 Å². The fourth-order valence-corrected chi connectivity index (χ4v) is 3.52. The van der Waals surface area contributed by atoms with Crippen molar-refractivity contribution in [3.8, 4) is 5.75 Å². The van der Waals surface area contributed by atoms with Crippen LogP contribution in [0.4, 0.5) is 0 Å². The quantitative estimate of drug-likeness (QED) is 0.921. The van der Waals surface area contributed by atoms with Gasteiger partial charge in [0.25, 0.3) is 0 Å². The van der Waals surface area contributed by atoms with Crippen LogP contribution in [0.25, 0.3) is 0 Å². The topological polar surface area (TPSA) is 26.7 Å². The molecule has 1 N–H and O–H groups in total. The Morgan fingerprint density at radius 2 is 2.21 bits per heavy atom. The Bertz CT molecular complexity index is 450. The average Bonchev–Trinajstić information content (AvgIpc) is 2.70. The molecule has 4 heteroatoms. The zero-order chi connectivity index (χ0) is 14.0. The summed E-state index contributed by atoms with van der Waals surface area (Å²) in [6.07, 6.45) is 1.28. The third kappa shape index (κ3) is 3.94. The highest BCUT2D eigenvalue weighted by Crippen LogP contribution is 2.28. The number of aryl methyl sites for hydroxylation is 1. The molecule has 1 saturated heterocycles. The fraction of sp³-hybridized carbons (Fsp3) is 0.600. The molecule has 0 amide bonds. The summed E-state index contributed by atoms with van der Waals surface area (Å²) in [6, 6.07) is 3.96. The van der Waals surface area contributed by atoms with E-state index < -0.39 is 0 Å². The first-order chi connectivity index (χ1) is 8.95. The number of hydrogen-bond donors (Lipinski definition) is 1. The second-order valence-corrected chi connectivity index (χ2v) is 6.76. The van der Waals surface area contributed by atoms with Gasteiger partial charge in [-0.15, -0.1) is 0 Å². The summed E-state index contributed by atoms with van der Waals surface area (Å²) in [5, 5.41) is 10.1. The Morgan fingerprint density at radius 1 is 1.47 bits per heavy atom. The third-order valence-corrected chi connectivity index (χ3v) is 4.30. The standard InChI is InChI=1S/C15H23BrN2O/c1-11-6-14(16)7-13(15(11)19)10-18(3)9-12-4-5-17(2)8-12/h6-7,12,19H,4-5,8-10H2,1-3H3. The Labute approximate surface area is 124 Å². The minimum Gasteiger partial charge on any atom is -0.507 e. The lowest BCUT2D eigenvalue weighted by Crippen LogP contribution is -2.27. The van der Waals surface area contributed by atoms with Crippen molar-refractivity contribution in [2.75, 3.05) is 33.7 Å². The molecule has 19 heavy (non-hydrogen) atoms. The van der Waals surface area contributed by atoms with E-state index in [1.54, 1.807) is 0 Å². The lowest BCUT2D eigenvalue weighted by molar-refractivity contribution is 0.264. The van der Waals surface area contributed by atoms with E-state index in [1.807, 2.05) is 19.1 Å². The second kappa shape index (κ2) is 6.25.